The number of nitrogens with two attached hydrogens (primary N) is 1. The Bertz CT molecular complexity index is 976. The summed E-state index contributed by atoms with van der Waals surface area (Å²) in [7, 11) is 0. The highest BCUT2D eigenvalue weighted by Crippen LogP contribution is 2.42. The van der Waals surface area contributed by atoms with Gasteiger partial charge >= 0.3 is 0 Å². The molecule has 0 saturated carbocycles. The smallest absolute Gasteiger partial charge is 0.290 e. The van der Waals surface area contributed by atoms with Crippen molar-refractivity contribution in [2.75, 3.05) is 18.5 Å². The zero-order chi connectivity index (χ0) is 20.8. The molecule has 4 rings (SSSR count). The summed E-state index contributed by atoms with van der Waals surface area (Å²) in [5, 5.41) is 10.4. The maximum Gasteiger partial charge on any atom is 0.290 e. The van der Waals surface area contributed by atoms with Crippen LogP contribution in [0.15, 0.2) is 29.4 Å². The summed E-state index contributed by atoms with van der Waals surface area (Å²) in [4.78, 5) is 18.4. The summed E-state index contributed by atoms with van der Waals surface area (Å²) < 4.78 is 11.8. The van der Waals surface area contributed by atoms with E-state index in [1.54, 1.807) is 17.6 Å². The molecule has 0 aliphatic carbocycles. The number of carboxylic acid groups (broad SMARTS) is 1. The Hall–Kier alpha value is -2.46. The molecule has 8 nitrogen and oxygen atoms in total. The van der Waals surface area contributed by atoms with E-state index in [4.69, 9.17) is 36.4 Å². The highest BCUT2D eigenvalue weighted by molar-refractivity contribution is 7.20. The number of aromatic nitrogens is 2. The molecule has 3 aromatic heterocycles. The van der Waals surface area contributed by atoms with Gasteiger partial charge in [0.1, 0.15) is 11.6 Å². The van der Waals surface area contributed by atoms with Crippen LogP contribution in [-0.4, -0.2) is 40.8 Å². The van der Waals surface area contributed by atoms with Crippen LogP contribution in [0.3, 0.4) is 0 Å². The largest absolute Gasteiger partial charge is 0.483 e. The first-order chi connectivity index (χ1) is 14.1. The third-order valence-corrected chi connectivity index (χ3v) is 6.02. The number of hydrogen-bond acceptors (Lipinski definition) is 8. The first kappa shape index (κ1) is 21.3. The zero-order valence-corrected chi connectivity index (χ0v) is 17.1. The molecule has 10 heteroatoms. The standard InChI is InChI=1S/C18H19ClN4O2S.CH2O2/c1-2-11-14-16(26-15(11)12-5-7-24-9-13(12)20)17(23-18(19)22-14)21-8-10-4-3-6-25-10;2-1-3/h2-4,6,12-13H,1,5,7-9,20H2,(H,21,22,23);1H,(H,2,3)/t12-,13-;/m0./s1. The number of halogens is 1. The van der Waals surface area contributed by atoms with Gasteiger partial charge in [-0.15, -0.1) is 11.3 Å². The fourth-order valence-corrected chi connectivity index (χ4v) is 4.84. The Kier molecular flexibility index (Phi) is 7.21. The molecule has 2 atom stereocenters. The highest BCUT2D eigenvalue weighted by Gasteiger charge is 2.29. The van der Waals surface area contributed by atoms with Gasteiger partial charge < -0.3 is 25.3 Å². The molecule has 3 aromatic rings. The van der Waals surface area contributed by atoms with Crippen molar-refractivity contribution in [3.05, 3.63) is 46.5 Å². The highest BCUT2D eigenvalue weighted by atomic mass is 35.5. The zero-order valence-electron chi connectivity index (χ0n) is 15.5. The normalized spacial score (nSPS) is 18.7. The van der Waals surface area contributed by atoms with E-state index in [1.165, 1.54) is 4.88 Å². The van der Waals surface area contributed by atoms with Gasteiger partial charge in [-0.3, -0.25) is 4.79 Å². The van der Waals surface area contributed by atoms with Crippen molar-refractivity contribution in [3.8, 4) is 0 Å². The van der Waals surface area contributed by atoms with Crippen LogP contribution in [0, 0.1) is 0 Å². The summed E-state index contributed by atoms with van der Waals surface area (Å²) in [5.41, 5.74) is 8.09. The van der Waals surface area contributed by atoms with Gasteiger partial charge in [0.25, 0.3) is 6.47 Å². The van der Waals surface area contributed by atoms with Gasteiger partial charge in [-0.25, -0.2) is 4.98 Å². The van der Waals surface area contributed by atoms with E-state index in [2.05, 4.69) is 21.9 Å². The van der Waals surface area contributed by atoms with Gasteiger partial charge in [0.2, 0.25) is 5.28 Å². The lowest BCUT2D eigenvalue weighted by Crippen LogP contribution is -2.37. The molecule has 0 bridgehead atoms. The predicted molar refractivity (Wildman–Crippen MR) is 113 cm³/mol. The molecule has 29 heavy (non-hydrogen) atoms. The molecule has 0 aromatic carbocycles. The van der Waals surface area contributed by atoms with Crippen molar-refractivity contribution in [2.45, 2.75) is 24.9 Å². The lowest BCUT2D eigenvalue weighted by molar-refractivity contribution is -0.122. The molecule has 1 fully saturated rings. The van der Waals surface area contributed by atoms with Crippen molar-refractivity contribution in [1.29, 1.82) is 0 Å². The molecule has 154 valence electrons. The van der Waals surface area contributed by atoms with Crippen LogP contribution >= 0.6 is 22.9 Å². The quantitative estimate of drug-likeness (QED) is 0.408. The average Bonchev–Trinajstić information content (AvgIpc) is 3.34. The monoisotopic (exact) mass is 436 g/mol. The van der Waals surface area contributed by atoms with E-state index in [0.717, 1.165) is 28.0 Å². The second kappa shape index (κ2) is 9.84. The number of ether oxygens (including phenoxy) is 1. The number of thiophene rings is 1. The lowest BCUT2D eigenvalue weighted by atomic mass is 9.91. The minimum Gasteiger partial charge on any atom is -0.483 e. The number of furan rings is 1. The number of carbonyl (C=O) groups is 1. The molecule has 1 saturated heterocycles. The molecule has 0 radical (unpaired) electrons. The van der Waals surface area contributed by atoms with Crippen LogP contribution in [0.1, 0.15) is 28.5 Å². The number of fused-ring (bicyclic) bond motifs is 1. The molecule has 4 heterocycles. The van der Waals surface area contributed by atoms with Gasteiger partial charge in [0.15, 0.2) is 0 Å². The fourth-order valence-electron chi connectivity index (χ4n) is 3.25. The minimum absolute atomic E-state index is 0.0431. The summed E-state index contributed by atoms with van der Waals surface area (Å²) in [6, 6.07) is 3.72. The Labute approximate surface area is 176 Å². The van der Waals surface area contributed by atoms with E-state index in [-0.39, 0.29) is 23.7 Å². The Morgan fingerprint density at radius 3 is 2.93 bits per heavy atom. The van der Waals surface area contributed by atoms with Gasteiger partial charge in [-0.05, 0) is 30.2 Å². The van der Waals surface area contributed by atoms with Crippen LogP contribution < -0.4 is 11.1 Å². The minimum atomic E-state index is -0.250. The van der Waals surface area contributed by atoms with Crippen molar-refractivity contribution >= 4 is 51.5 Å². The van der Waals surface area contributed by atoms with Gasteiger partial charge in [0, 0.05) is 29.0 Å². The van der Waals surface area contributed by atoms with E-state index in [9.17, 15) is 0 Å². The average molecular weight is 437 g/mol. The van der Waals surface area contributed by atoms with E-state index in [1.807, 2.05) is 18.2 Å². The number of anilines is 1. The summed E-state index contributed by atoms with van der Waals surface area (Å²) >= 11 is 7.82. The molecule has 1 aliphatic rings. The number of nitrogens with one attached hydrogen (secondary N) is 1. The van der Waals surface area contributed by atoms with Crippen molar-refractivity contribution in [2.24, 2.45) is 5.73 Å². The molecule has 1 aliphatic heterocycles. The predicted octanol–water partition coefficient (Wildman–Crippen LogP) is 3.72. The Morgan fingerprint density at radius 1 is 1.48 bits per heavy atom. The lowest BCUT2D eigenvalue weighted by Gasteiger charge is -2.28. The first-order valence-electron chi connectivity index (χ1n) is 8.88. The van der Waals surface area contributed by atoms with Crippen LogP contribution in [-0.2, 0) is 16.1 Å². The second-order valence-corrected chi connectivity index (χ2v) is 7.67. The van der Waals surface area contributed by atoms with Crippen LogP contribution in [0.25, 0.3) is 16.3 Å². The van der Waals surface area contributed by atoms with Crippen LogP contribution in [0.4, 0.5) is 5.82 Å². The SMILES string of the molecule is C=Cc1c([C@H]2CCOC[C@@H]2N)sc2c(NCc3ccco3)nc(Cl)nc12.O=CO. The Morgan fingerprint density at radius 2 is 2.28 bits per heavy atom. The second-order valence-electron chi connectivity index (χ2n) is 6.28. The maximum atomic E-state index is 8.36. The fraction of sp³-hybridized carbons (Fsp3) is 0.316. The summed E-state index contributed by atoms with van der Waals surface area (Å²) in [5.74, 6) is 1.73. The summed E-state index contributed by atoms with van der Waals surface area (Å²) in [6.45, 7) is 5.51. The molecular formula is C19H21ClN4O4S. The number of nitrogens with zero attached hydrogens (tertiary/aromatic N) is 2. The van der Waals surface area contributed by atoms with Crippen molar-refractivity contribution < 1.29 is 19.1 Å². The van der Waals surface area contributed by atoms with Gasteiger partial charge in [0.05, 0.1) is 29.6 Å². The van der Waals surface area contributed by atoms with Crippen LogP contribution in [0.2, 0.25) is 5.28 Å². The van der Waals surface area contributed by atoms with Crippen LogP contribution in [0.5, 0.6) is 0 Å². The van der Waals surface area contributed by atoms with Crippen molar-refractivity contribution in [1.82, 2.24) is 9.97 Å². The van der Waals surface area contributed by atoms with E-state index >= 15 is 0 Å². The number of rotatable bonds is 5. The van der Waals surface area contributed by atoms with E-state index < -0.39 is 0 Å². The maximum absolute atomic E-state index is 8.36. The van der Waals surface area contributed by atoms with Gasteiger partial charge in [-0.1, -0.05) is 12.7 Å². The molecule has 0 amide bonds. The third-order valence-electron chi connectivity index (χ3n) is 4.52. The molecule has 0 unspecified atom stereocenters. The molecule has 0 spiro atoms. The molecular weight excluding hydrogens is 416 g/mol. The third kappa shape index (κ3) is 4.76. The first-order valence-corrected chi connectivity index (χ1v) is 10.1. The Balaban J connectivity index is 0.000000755. The van der Waals surface area contributed by atoms with Gasteiger partial charge in [-0.2, -0.15) is 4.98 Å². The summed E-state index contributed by atoms with van der Waals surface area (Å²) in [6.07, 6.45) is 4.35. The molecule has 4 N–H and O–H groups in total. The van der Waals surface area contributed by atoms with Crippen molar-refractivity contribution in [3.63, 3.8) is 0 Å². The van der Waals surface area contributed by atoms with E-state index in [0.29, 0.717) is 25.6 Å². The topological polar surface area (TPSA) is 124 Å². The number of hydrogen-bond donors (Lipinski definition) is 3.